The van der Waals surface area contributed by atoms with E-state index >= 15 is 0 Å². The number of pyridine rings is 1. The van der Waals surface area contributed by atoms with E-state index in [9.17, 15) is 4.79 Å². The van der Waals surface area contributed by atoms with Gasteiger partial charge in [-0.05, 0) is 38.8 Å². The van der Waals surface area contributed by atoms with Gasteiger partial charge in [0.05, 0.1) is 0 Å². The third-order valence-electron chi connectivity index (χ3n) is 4.01. The van der Waals surface area contributed by atoms with Crippen LogP contribution in [0.2, 0.25) is 0 Å². The monoisotopic (exact) mass is 275 g/mol. The molecule has 0 radical (unpaired) electrons. The molecule has 0 aliphatic heterocycles. The Morgan fingerprint density at radius 3 is 2.65 bits per heavy atom. The van der Waals surface area contributed by atoms with E-state index in [1.165, 1.54) is 32.1 Å². The zero-order valence-electron chi connectivity index (χ0n) is 12.6. The first-order chi connectivity index (χ1) is 9.74. The maximum atomic E-state index is 12.3. The normalized spacial score (nSPS) is 15.9. The van der Waals surface area contributed by atoms with Crippen LogP contribution in [0.3, 0.4) is 0 Å². The molecule has 0 spiro atoms. The van der Waals surface area contributed by atoms with E-state index in [-0.39, 0.29) is 5.91 Å². The molecule has 1 N–H and O–H groups in total. The van der Waals surface area contributed by atoms with Crippen molar-refractivity contribution in [2.24, 2.45) is 0 Å². The number of nitrogens with one attached hydrogen (secondary N) is 1. The molecule has 4 heteroatoms. The van der Waals surface area contributed by atoms with Gasteiger partial charge in [0.1, 0.15) is 5.69 Å². The zero-order valence-corrected chi connectivity index (χ0v) is 12.6. The third kappa shape index (κ3) is 3.71. The summed E-state index contributed by atoms with van der Waals surface area (Å²) in [7, 11) is 0. The highest BCUT2D eigenvalue weighted by atomic mass is 16.2. The van der Waals surface area contributed by atoms with Crippen LogP contribution in [0, 0.1) is 0 Å². The molecule has 2 rings (SSSR count). The first-order valence-corrected chi connectivity index (χ1v) is 7.76. The molecule has 4 nitrogen and oxygen atoms in total. The molecule has 1 aromatic heterocycles. The van der Waals surface area contributed by atoms with Crippen LogP contribution in [0.25, 0.3) is 0 Å². The second-order valence-electron chi connectivity index (χ2n) is 5.39. The highest BCUT2D eigenvalue weighted by Crippen LogP contribution is 2.21. The van der Waals surface area contributed by atoms with Gasteiger partial charge < -0.3 is 10.2 Å². The summed E-state index contributed by atoms with van der Waals surface area (Å²) in [6.07, 6.45) is 8.12. The lowest BCUT2D eigenvalue weighted by atomic mass is 9.95. The van der Waals surface area contributed by atoms with Crippen LogP contribution >= 0.6 is 0 Å². The first kappa shape index (κ1) is 14.8. The van der Waals surface area contributed by atoms with Crippen molar-refractivity contribution >= 4 is 11.6 Å². The van der Waals surface area contributed by atoms with E-state index in [0.717, 1.165) is 18.8 Å². The van der Waals surface area contributed by atoms with Gasteiger partial charge in [-0.25, -0.2) is 0 Å². The Labute approximate surface area is 121 Å². The van der Waals surface area contributed by atoms with Crippen molar-refractivity contribution in [2.45, 2.75) is 52.0 Å². The van der Waals surface area contributed by atoms with Crippen molar-refractivity contribution in [1.82, 2.24) is 9.88 Å². The van der Waals surface area contributed by atoms with E-state index < -0.39 is 0 Å². The summed E-state index contributed by atoms with van der Waals surface area (Å²) in [6, 6.07) is 4.38. The summed E-state index contributed by atoms with van der Waals surface area (Å²) in [5.41, 5.74) is 1.55. The van der Waals surface area contributed by atoms with Crippen LogP contribution in [0.1, 0.15) is 56.4 Å². The fourth-order valence-corrected chi connectivity index (χ4v) is 2.79. The summed E-state index contributed by atoms with van der Waals surface area (Å²) in [5.74, 6) is 0.0160. The quantitative estimate of drug-likeness (QED) is 0.896. The molecule has 1 aromatic rings. The summed E-state index contributed by atoms with van der Waals surface area (Å²) >= 11 is 0. The molecule has 1 saturated carbocycles. The molecule has 0 aromatic carbocycles. The maximum Gasteiger partial charge on any atom is 0.272 e. The van der Waals surface area contributed by atoms with Gasteiger partial charge >= 0.3 is 0 Å². The van der Waals surface area contributed by atoms with Gasteiger partial charge in [0, 0.05) is 31.0 Å². The second kappa shape index (κ2) is 7.27. The molecular formula is C16H25N3O. The topological polar surface area (TPSA) is 45.2 Å². The third-order valence-corrected chi connectivity index (χ3v) is 4.01. The van der Waals surface area contributed by atoms with E-state index in [4.69, 9.17) is 0 Å². The molecule has 1 heterocycles. The van der Waals surface area contributed by atoms with Crippen LogP contribution < -0.4 is 5.32 Å². The summed E-state index contributed by atoms with van der Waals surface area (Å²) in [4.78, 5) is 18.3. The van der Waals surface area contributed by atoms with E-state index in [0.29, 0.717) is 11.7 Å². The average molecular weight is 275 g/mol. The van der Waals surface area contributed by atoms with E-state index in [1.54, 1.807) is 11.1 Å². The second-order valence-corrected chi connectivity index (χ2v) is 5.39. The van der Waals surface area contributed by atoms with Crippen molar-refractivity contribution in [1.29, 1.82) is 0 Å². The number of amides is 1. The molecule has 0 bridgehead atoms. The minimum Gasteiger partial charge on any atom is -0.382 e. The van der Waals surface area contributed by atoms with Crippen molar-refractivity contribution in [3.8, 4) is 0 Å². The molecule has 1 aliphatic rings. The van der Waals surface area contributed by atoms with Crippen LogP contribution in [0.15, 0.2) is 18.3 Å². The SMILES string of the molecule is CCN(CC)C(=O)c1cc(NC2CCCCC2)ccn1. The number of carbonyl (C=O) groups excluding carboxylic acids is 1. The van der Waals surface area contributed by atoms with Crippen LogP contribution in [-0.4, -0.2) is 34.9 Å². The van der Waals surface area contributed by atoms with Gasteiger partial charge in [-0.2, -0.15) is 0 Å². The predicted molar refractivity (Wildman–Crippen MR) is 82.0 cm³/mol. The van der Waals surface area contributed by atoms with Gasteiger partial charge in [0.25, 0.3) is 5.91 Å². The van der Waals surface area contributed by atoms with Crippen LogP contribution in [0.5, 0.6) is 0 Å². The Morgan fingerprint density at radius 2 is 2.00 bits per heavy atom. The lowest BCUT2D eigenvalue weighted by molar-refractivity contribution is 0.0767. The van der Waals surface area contributed by atoms with Crippen molar-refractivity contribution in [2.75, 3.05) is 18.4 Å². The van der Waals surface area contributed by atoms with Crippen LogP contribution in [-0.2, 0) is 0 Å². The molecular weight excluding hydrogens is 250 g/mol. The number of carbonyl (C=O) groups is 1. The van der Waals surface area contributed by atoms with E-state index in [1.807, 2.05) is 26.0 Å². The minimum absolute atomic E-state index is 0.0160. The minimum atomic E-state index is 0.0160. The summed E-state index contributed by atoms with van der Waals surface area (Å²) in [5, 5.41) is 3.54. The molecule has 110 valence electrons. The van der Waals surface area contributed by atoms with Gasteiger partial charge in [-0.15, -0.1) is 0 Å². The van der Waals surface area contributed by atoms with Gasteiger partial charge in [-0.3, -0.25) is 9.78 Å². The predicted octanol–water partition coefficient (Wildman–Crippen LogP) is 3.31. The van der Waals surface area contributed by atoms with Gasteiger partial charge in [-0.1, -0.05) is 19.3 Å². The lowest BCUT2D eigenvalue weighted by Gasteiger charge is -2.24. The summed E-state index contributed by atoms with van der Waals surface area (Å²) in [6.45, 7) is 5.42. The molecule has 0 saturated heterocycles. The highest BCUT2D eigenvalue weighted by molar-refractivity contribution is 5.93. The molecule has 1 amide bonds. The lowest BCUT2D eigenvalue weighted by Crippen LogP contribution is -2.31. The fourth-order valence-electron chi connectivity index (χ4n) is 2.79. The number of rotatable bonds is 5. The largest absolute Gasteiger partial charge is 0.382 e. The number of anilines is 1. The number of hydrogen-bond donors (Lipinski definition) is 1. The fraction of sp³-hybridized carbons (Fsp3) is 0.625. The van der Waals surface area contributed by atoms with Crippen LogP contribution in [0.4, 0.5) is 5.69 Å². The smallest absolute Gasteiger partial charge is 0.272 e. The van der Waals surface area contributed by atoms with Gasteiger partial charge in [0.15, 0.2) is 0 Å². The van der Waals surface area contributed by atoms with Crippen molar-refractivity contribution in [3.63, 3.8) is 0 Å². The highest BCUT2D eigenvalue weighted by Gasteiger charge is 2.16. The zero-order chi connectivity index (χ0) is 14.4. The Kier molecular flexibility index (Phi) is 5.39. The number of aromatic nitrogens is 1. The van der Waals surface area contributed by atoms with Crippen molar-refractivity contribution in [3.05, 3.63) is 24.0 Å². The maximum absolute atomic E-state index is 12.3. The Morgan fingerprint density at radius 1 is 1.30 bits per heavy atom. The molecule has 0 unspecified atom stereocenters. The Bertz CT molecular complexity index is 437. The number of hydrogen-bond acceptors (Lipinski definition) is 3. The molecule has 20 heavy (non-hydrogen) atoms. The van der Waals surface area contributed by atoms with Gasteiger partial charge in [0.2, 0.25) is 0 Å². The van der Waals surface area contributed by atoms with E-state index in [2.05, 4.69) is 10.3 Å². The first-order valence-electron chi connectivity index (χ1n) is 7.76. The Hall–Kier alpha value is -1.58. The summed E-state index contributed by atoms with van der Waals surface area (Å²) < 4.78 is 0. The molecule has 0 atom stereocenters. The molecule has 1 aliphatic carbocycles. The standard InChI is InChI=1S/C16H25N3O/c1-3-19(4-2)16(20)15-12-14(10-11-17-15)18-13-8-6-5-7-9-13/h10-13H,3-9H2,1-2H3,(H,17,18). The molecule has 1 fully saturated rings. The average Bonchev–Trinajstić information content (AvgIpc) is 2.49. The Balaban J connectivity index is 2.05. The number of nitrogens with zero attached hydrogens (tertiary/aromatic N) is 2. The van der Waals surface area contributed by atoms with Crippen molar-refractivity contribution < 1.29 is 4.79 Å².